The maximum absolute atomic E-state index is 13.0. The minimum atomic E-state index is -4.76. The standard InChI is InChI=1S/C16H17Cl2F3N2O3/c1-14(2,3)15(25)7-12(16(19,20)21)22-23(15)13(24)8-26-11-5-4-9(17)6-10(11)18/h4-6,25H,7-8H2,1-3H3/t15-/m0/s1. The van der Waals surface area contributed by atoms with E-state index < -0.39 is 42.0 Å². The molecule has 144 valence electrons. The molecular weight excluding hydrogens is 396 g/mol. The molecule has 1 amide bonds. The summed E-state index contributed by atoms with van der Waals surface area (Å²) < 4.78 is 44.3. The van der Waals surface area contributed by atoms with Crippen LogP contribution in [0.5, 0.6) is 5.75 Å². The Morgan fingerprint density at radius 1 is 1.35 bits per heavy atom. The smallest absolute Gasteiger partial charge is 0.431 e. The summed E-state index contributed by atoms with van der Waals surface area (Å²) in [6, 6.07) is 4.29. The molecule has 0 fully saturated rings. The Balaban J connectivity index is 2.24. The van der Waals surface area contributed by atoms with Gasteiger partial charge in [0.1, 0.15) is 11.5 Å². The second-order valence-electron chi connectivity index (χ2n) is 6.86. The number of carbonyl (C=O) groups is 1. The normalized spacial score (nSPS) is 21.0. The number of nitrogens with zero attached hydrogens (tertiary/aromatic N) is 2. The number of ether oxygens (including phenoxy) is 1. The molecule has 10 heteroatoms. The lowest BCUT2D eigenvalue weighted by molar-refractivity contribution is -0.183. The molecule has 1 aromatic carbocycles. The number of hydrogen-bond donors (Lipinski definition) is 1. The van der Waals surface area contributed by atoms with Gasteiger partial charge in [0.15, 0.2) is 12.3 Å². The van der Waals surface area contributed by atoms with E-state index in [2.05, 4.69) is 5.10 Å². The largest absolute Gasteiger partial charge is 0.482 e. The van der Waals surface area contributed by atoms with Crippen LogP contribution in [-0.2, 0) is 4.79 Å². The molecule has 26 heavy (non-hydrogen) atoms. The first kappa shape index (κ1) is 20.8. The van der Waals surface area contributed by atoms with Gasteiger partial charge in [-0.15, -0.1) is 0 Å². The minimum Gasteiger partial charge on any atom is -0.482 e. The summed E-state index contributed by atoms with van der Waals surface area (Å²) in [7, 11) is 0. The van der Waals surface area contributed by atoms with Crippen molar-refractivity contribution in [2.45, 2.75) is 39.1 Å². The number of rotatable bonds is 3. The number of hydrazone groups is 1. The van der Waals surface area contributed by atoms with Crippen molar-refractivity contribution in [3.63, 3.8) is 0 Å². The summed E-state index contributed by atoms with van der Waals surface area (Å²) in [5, 5.41) is 15.0. The van der Waals surface area contributed by atoms with E-state index >= 15 is 0 Å². The van der Waals surface area contributed by atoms with E-state index in [0.29, 0.717) is 10.0 Å². The number of halogens is 5. The maximum atomic E-state index is 13.0. The van der Waals surface area contributed by atoms with Crippen LogP contribution >= 0.6 is 23.2 Å². The van der Waals surface area contributed by atoms with Gasteiger partial charge in [0.05, 0.1) is 5.02 Å². The predicted octanol–water partition coefficient (Wildman–Crippen LogP) is 4.26. The summed E-state index contributed by atoms with van der Waals surface area (Å²) in [6.45, 7) is 3.88. The van der Waals surface area contributed by atoms with E-state index in [-0.39, 0.29) is 10.8 Å². The van der Waals surface area contributed by atoms with Crippen molar-refractivity contribution < 1.29 is 27.8 Å². The molecule has 0 spiro atoms. The van der Waals surface area contributed by atoms with Crippen molar-refractivity contribution in [2.75, 3.05) is 6.61 Å². The van der Waals surface area contributed by atoms with Crippen molar-refractivity contribution in [1.29, 1.82) is 0 Å². The molecule has 1 atom stereocenters. The SMILES string of the molecule is CC(C)(C)[C@@]1(O)CC(C(F)(F)F)=NN1C(=O)COc1ccc(Cl)cc1Cl. The molecule has 0 unspecified atom stereocenters. The van der Waals surface area contributed by atoms with Gasteiger partial charge in [-0.05, 0) is 18.2 Å². The summed E-state index contributed by atoms with van der Waals surface area (Å²) >= 11 is 11.7. The van der Waals surface area contributed by atoms with E-state index in [1.54, 1.807) is 0 Å². The fraction of sp³-hybridized carbons (Fsp3) is 0.500. The molecule has 5 nitrogen and oxygen atoms in total. The Labute approximate surface area is 158 Å². The van der Waals surface area contributed by atoms with E-state index in [1.165, 1.54) is 39.0 Å². The third-order valence-electron chi connectivity index (χ3n) is 3.99. The highest BCUT2D eigenvalue weighted by atomic mass is 35.5. The van der Waals surface area contributed by atoms with Crippen molar-refractivity contribution >= 4 is 34.8 Å². The molecule has 0 saturated heterocycles. The lowest BCUT2D eigenvalue weighted by Gasteiger charge is -2.41. The molecule has 0 aromatic heterocycles. The Morgan fingerprint density at radius 2 is 1.96 bits per heavy atom. The lowest BCUT2D eigenvalue weighted by Crippen LogP contribution is -2.56. The number of hydrogen-bond acceptors (Lipinski definition) is 4. The Kier molecular flexibility index (Phi) is 5.52. The van der Waals surface area contributed by atoms with Crippen molar-refractivity contribution in [1.82, 2.24) is 5.01 Å². The highest BCUT2D eigenvalue weighted by molar-refractivity contribution is 6.35. The van der Waals surface area contributed by atoms with Gasteiger partial charge in [-0.3, -0.25) is 4.79 Å². The first-order chi connectivity index (χ1) is 11.8. The van der Waals surface area contributed by atoms with Gasteiger partial charge in [0, 0.05) is 16.9 Å². The molecule has 0 radical (unpaired) electrons. The van der Waals surface area contributed by atoms with E-state index in [4.69, 9.17) is 27.9 Å². The van der Waals surface area contributed by atoms with Crippen LogP contribution in [0.4, 0.5) is 13.2 Å². The second kappa shape index (κ2) is 6.90. The quantitative estimate of drug-likeness (QED) is 0.806. The van der Waals surface area contributed by atoms with E-state index in [1.807, 2.05) is 0 Å². The summed E-state index contributed by atoms with van der Waals surface area (Å²) in [4.78, 5) is 12.4. The molecule has 1 aliphatic rings. The molecule has 1 heterocycles. The first-order valence-electron chi connectivity index (χ1n) is 7.53. The summed E-state index contributed by atoms with van der Waals surface area (Å²) in [5.74, 6) is -0.810. The molecule has 0 bridgehead atoms. The highest BCUT2D eigenvalue weighted by Gasteiger charge is 2.57. The number of benzene rings is 1. The van der Waals surface area contributed by atoms with Gasteiger partial charge >= 0.3 is 6.18 Å². The van der Waals surface area contributed by atoms with Gasteiger partial charge in [0.25, 0.3) is 5.91 Å². The monoisotopic (exact) mass is 412 g/mol. The Hall–Kier alpha value is -1.51. The van der Waals surface area contributed by atoms with E-state index in [9.17, 15) is 23.1 Å². The average Bonchev–Trinajstić information content (AvgIpc) is 2.85. The number of alkyl halides is 3. The fourth-order valence-corrected chi connectivity index (χ4v) is 2.80. The average molecular weight is 413 g/mol. The summed E-state index contributed by atoms with van der Waals surface area (Å²) in [5.41, 5.74) is -4.45. The topological polar surface area (TPSA) is 62.1 Å². The van der Waals surface area contributed by atoms with Crippen LogP contribution in [0.2, 0.25) is 10.0 Å². The van der Waals surface area contributed by atoms with Crippen LogP contribution in [0, 0.1) is 5.41 Å². The van der Waals surface area contributed by atoms with E-state index in [0.717, 1.165) is 0 Å². The molecule has 1 N–H and O–H groups in total. The van der Waals surface area contributed by atoms with Crippen molar-refractivity contribution in [3.8, 4) is 5.75 Å². The molecule has 1 aromatic rings. The molecule has 1 aliphatic heterocycles. The fourth-order valence-electron chi connectivity index (χ4n) is 2.34. The zero-order valence-electron chi connectivity index (χ0n) is 14.2. The van der Waals surface area contributed by atoms with Crippen molar-refractivity contribution in [2.24, 2.45) is 10.5 Å². The van der Waals surface area contributed by atoms with Crippen LogP contribution in [0.1, 0.15) is 27.2 Å². The van der Waals surface area contributed by atoms with Crippen LogP contribution in [-0.4, -0.2) is 40.2 Å². The Morgan fingerprint density at radius 3 is 2.46 bits per heavy atom. The molecule has 0 aliphatic carbocycles. The second-order valence-corrected chi connectivity index (χ2v) is 7.70. The molecule has 0 saturated carbocycles. The number of carbonyl (C=O) groups excluding carboxylic acids is 1. The number of amides is 1. The first-order valence-corrected chi connectivity index (χ1v) is 8.29. The van der Waals surface area contributed by atoms with Gasteiger partial charge in [-0.1, -0.05) is 44.0 Å². The zero-order chi connectivity index (χ0) is 19.9. The predicted molar refractivity (Wildman–Crippen MR) is 91.3 cm³/mol. The van der Waals surface area contributed by atoms with Crippen LogP contribution in [0.25, 0.3) is 0 Å². The van der Waals surface area contributed by atoms with Gasteiger partial charge < -0.3 is 9.84 Å². The highest BCUT2D eigenvalue weighted by Crippen LogP contribution is 2.43. The summed E-state index contributed by atoms with van der Waals surface area (Å²) in [6.07, 6.45) is -5.58. The third kappa shape index (κ3) is 4.07. The lowest BCUT2D eigenvalue weighted by atomic mass is 9.80. The molecule has 2 rings (SSSR count). The van der Waals surface area contributed by atoms with Gasteiger partial charge in [0.2, 0.25) is 0 Å². The van der Waals surface area contributed by atoms with Crippen molar-refractivity contribution in [3.05, 3.63) is 28.2 Å². The Bertz CT molecular complexity index is 747. The van der Waals surface area contributed by atoms with Gasteiger partial charge in [-0.2, -0.15) is 23.3 Å². The van der Waals surface area contributed by atoms with Crippen LogP contribution in [0.15, 0.2) is 23.3 Å². The zero-order valence-corrected chi connectivity index (χ0v) is 15.7. The third-order valence-corrected chi connectivity index (χ3v) is 4.53. The van der Waals surface area contributed by atoms with Gasteiger partial charge in [-0.25, -0.2) is 0 Å². The minimum absolute atomic E-state index is 0.128. The van der Waals surface area contributed by atoms with Crippen LogP contribution in [0.3, 0.4) is 0 Å². The maximum Gasteiger partial charge on any atom is 0.431 e. The molecular formula is C16H17Cl2F3N2O3. The van der Waals surface area contributed by atoms with Crippen LogP contribution < -0.4 is 4.74 Å². The number of aliphatic hydroxyl groups is 1.